The first-order valence-corrected chi connectivity index (χ1v) is 10.1. The molecule has 0 aliphatic heterocycles. The van der Waals surface area contributed by atoms with E-state index >= 15 is 0 Å². The maximum absolute atomic E-state index is 12.5. The van der Waals surface area contributed by atoms with Crippen molar-refractivity contribution in [3.05, 3.63) is 89.5 Å². The van der Waals surface area contributed by atoms with Crippen LogP contribution in [0.2, 0.25) is 0 Å². The molecule has 0 aromatic heterocycles. The number of ether oxygens (including phenoxy) is 1. The Hall–Kier alpha value is -3.71. The predicted octanol–water partition coefficient (Wildman–Crippen LogP) is 4.45. The van der Waals surface area contributed by atoms with Crippen molar-refractivity contribution in [2.45, 2.75) is 13.8 Å². The normalized spacial score (nSPS) is 10.1. The molecule has 0 bridgehead atoms. The van der Waals surface area contributed by atoms with Crippen LogP contribution in [-0.4, -0.2) is 23.5 Å². The van der Waals surface area contributed by atoms with E-state index in [1.807, 2.05) is 44.2 Å². The molecule has 0 aliphatic rings. The quantitative estimate of drug-likeness (QED) is 0.501. The second-order valence-corrected chi connectivity index (χ2v) is 7.36. The van der Waals surface area contributed by atoms with Gasteiger partial charge >= 0.3 is 0 Å². The molecule has 7 heteroatoms. The summed E-state index contributed by atoms with van der Waals surface area (Å²) in [7, 11) is 0. The minimum atomic E-state index is -0.373. The number of benzene rings is 3. The van der Waals surface area contributed by atoms with Gasteiger partial charge in [0.05, 0.1) is 0 Å². The molecule has 0 spiro atoms. The fourth-order valence-electron chi connectivity index (χ4n) is 2.81. The summed E-state index contributed by atoms with van der Waals surface area (Å²) < 4.78 is 5.44. The Bertz CT molecular complexity index is 1100. The van der Waals surface area contributed by atoms with E-state index in [0.717, 1.165) is 11.1 Å². The molecule has 3 N–H and O–H groups in total. The van der Waals surface area contributed by atoms with Crippen LogP contribution >= 0.6 is 12.2 Å². The van der Waals surface area contributed by atoms with Crippen molar-refractivity contribution in [2.24, 2.45) is 0 Å². The Kier molecular flexibility index (Phi) is 7.35. The minimum Gasteiger partial charge on any atom is -0.484 e. The number of rotatable bonds is 6. The summed E-state index contributed by atoms with van der Waals surface area (Å²) in [6, 6.07) is 21.9. The zero-order valence-corrected chi connectivity index (χ0v) is 18.1. The number of nitrogens with one attached hydrogen (secondary N) is 3. The average molecular weight is 434 g/mol. The Morgan fingerprint density at radius 2 is 1.55 bits per heavy atom. The molecule has 31 heavy (non-hydrogen) atoms. The maximum Gasteiger partial charge on any atom is 0.264 e. The number of carbonyl (C=O) groups is 2. The molecule has 0 unspecified atom stereocenters. The lowest BCUT2D eigenvalue weighted by Crippen LogP contribution is -2.37. The highest BCUT2D eigenvalue weighted by molar-refractivity contribution is 7.80. The summed E-state index contributed by atoms with van der Waals surface area (Å²) in [4.78, 5) is 24.6. The summed E-state index contributed by atoms with van der Waals surface area (Å²) in [6.07, 6.45) is 0. The maximum atomic E-state index is 12.5. The number of amides is 2. The number of aryl methyl sites for hydroxylation is 2. The molecule has 0 heterocycles. The second kappa shape index (κ2) is 10.4. The third kappa shape index (κ3) is 6.65. The summed E-state index contributed by atoms with van der Waals surface area (Å²) in [6.45, 7) is 3.71. The summed E-state index contributed by atoms with van der Waals surface area (Å²) in [5.41, 5.74) is 3.85. The van der Waals surface area contributed by atoms with Gasteiger partial charge < -0.3 is 15.4 Å². The van der Waals surface area contributed by atoms with Crippen molar-refractivity contribution >= 4 is 40.5 Å². The number of hydrogen-bond donors (Lipinski definition) is 3. The van der Waals surface area contributed by atoms with Crippen LogP contribution in [-0.2, 0) is 4.79 Å². The SMILES string of the molecule is Cc1ccc(OCC(=O)NC(=S)Nc2cccc(NC(=O)c3ccccc3C)c2)cc1. The molecule has 3 aromatic rings. The van der Waals surface area contributed by atoms with E-state index in [2.05, 4.69) is 16.0 Å². The molecule has 0 fully saturated rings. The minimum absolute atomic E-state index is 0.139. The van der Waals surface area contributed by atoms with Gasteiger partial charge in [0.25, 0.3) is 11.8 Å². The Morgan fingerprint density at radius 1 is 0.871 bits per heavy atom. The smallest absolute Gasteiger partial charge is 0.264 e. The number of carbonyl (C=O) groups excluding carboxylic acids is 2. The molecule has 3 aromatic carbocycles. The van der Waals surface area contributed by atoms with Gasteiger partial charge in [-0.25, -0.2) is 0 Å². The van der Waals surface area contributed by atoms with Gasteiger partial charge in [-0.05, 0) is 68.0 Å². The Morgan fingerprint density at radius 3 is 2.26 bits per heavy atom. The third-order valence-corrected chi connectivity index (χ3v) is 4.62. The van der Waals surface area contributed by atoms with Gasteiger partial charge in [0.1, 0.15) is 5.75 Å². The highest BCUT2D eigenvalue weighted by atomic mass is 32.1. The molecule has 0 atom stereocenters. The molecule has 0 radical (unpaired) electrons. The second-order valence-electron chi connectivity index (χ2n) is 6.95. The van der Waals surface area contributed by atoms with Crippen molar-refractivity contribution in [1.82, 2.24) is 5.32 Å². The van der Waals surface area contributed by atoms with Crippen molar-refractivity contribution in [3.8, 4) is 5.75 Å². The van der Waals surface area contributed by atoms with Crippen LogP contribution in [0.5, 0.6) is 5.75 Å². The lowest BCUT2D eigenvalue weighted by atomic mass is 10.1. The fraction of sp³-hybridized carbons (Fsp3) is 0.125. The molecule has 3 rings (SSSR count). The number of hydrogen-bond acceptors (Lipinski definition) is 4. The van der Waals surface area contributed by atoms with Crippen LogP contribution in [0, 0.1) is 13.8 Å². The summed E-state index contributed by atoms with van der Waals surface area (Å²) >= 11 is 5.20. The van der Waals surface area contributed by atoms with E-state index in [1.165, 1.54) is 0 Å². The van der Waals surface area contributed by atoms with Crippen LogP contribution < -0.4 is 20.7 Å². The first-order valence-electron chi connectivity index (χ1n) is 9.68. The molecule has 2 amide bonds. The van der Waals surface area contributed by atoms with Crippen LogP contribution in [0.1, 0.15) is 21.5 Å². The highest BCUT2D eigenvalue weighted by Crippen LogP contribution is 2.17. The largest absolute Gasteiger partial charge is 0.484 e. The topological polar surface area (TPSA) is 79.5 Å². The number of thiocarbonyl (C=S) groups is 1. The molecule has 0 aliphatic carbocycles. The van der Waals surface area contributed by atoms with Crippen molar-refractivity contribution in [2.75, 3.05) is 17.2 Å². The van der Waals surface area contributed by atoms with E-state index in [-0.39, 0.29) is 23.5 Å². The summed E-state index contributed by atoms with van der Waals surface area (Å²) in [5.74, 6) is 0.0400. The first-order chi connectivity index (χ1) is 14.9. The van der Waals surface area contributed by atoms with E-state index < -0.39 is 0 Å². The number of anilines is 2. The zero-order valence-electron chi connectivity index (χ0n) is 17.3. The monoisotopic (exact) mass is 433 g/mol. The van der Waals surface area contributed by atoms with Gasteiger partial charge in [-0.2, -0.15) is 0 Å². The van der Waals surface area contributed by atoms with Gasteiger partial charge in [0, 0.05) is 16.9 Å². The molecule has 158 valence electrons. The third-order valence-electron chi connectivity index (χ3n) is 4.41. The zero-order chi connectivity index (χ0) is 22.2. The van der Waals surface area contributed by atoms with Crippen LogP contribution in [0.4, 0.5) is 11.4 Å². The van der Waals surface area contributed by atoms with Gasteiger partial charge in [-0.3, -0.25) is 14.9 Å². The summed E-state index contributed by atoms with van der Waals surface area (Å²) in [5, 5.41) is 8.51. The van der Waals surface area contributed by atoms with Crippen LogP contribution in [0.25, 0.3) is 0 Å². The van der Waals surface area contributed by atoms with Gasteiger partial charge in [-0.1, -0.05) is 42.0 Å². The van der Waals surface area contributed by atoms with E-state index in [1.54, 1.807) is 42.5 Å². The van der Waals surface area contributed by atoms with Gasteiger partial charge in [0.15, 0.2) is 11.7 Å². The predicted molar refractivity (Wildman–Crippen MR) is 127 cm³/mol. The Labute approximate surface area is 186 Å². The standard InChI is InChI=1S/C24H23N3O3S/c1-16-10-12-20(13-11-16)30-15-22(28)27-24(31)26-19-8-5-7-18(14-19)25-23(29)21-9-4-3-6-17(21)2/h3-14H,15H2,1-2H3,(H,25,29)(H2,26,27,28,31). The molecule has 0 saturated heterocycles. The Balaban J connectivity index is 1.52. The average Bonchev–Trinajstić information content (AvgIpc) is 2.73. The van der Waals surface area contributed by atoms with E-state index in [4.69, 9.17) is 17.0 Å². The van der Waals surface area contributed by atoms with Crippen molar-refractivity contribution in [1.29, 1.82) is 0 Å². The molecular weight excluding hydrogens is 410 g/mol. The van der Waals surface area contributed by atoms with Crippen LogP contribution in [0.15, 0.2) is 72.8 Å². The molecular formula is C24H23N3O3S. The van der Waals surface area contributed by atoms with Crippen molar-refractivity contribution < 1.29 is 14.3 Å². The molecule has 6 nitrogen and oxygen atoms in total. The van der Waals surface area contributed by atoms with Crippen LogP contribution in [0.3, 0.4) is 0 Å². The van der Waals surface area contributed by atoms with Gasteiger partial charge in [0.2, 0.25) is 0 Å². The van der Waals surface area contributed by atoms with E-state index in [0.29, 0.717) is 22.7 Å². The van der Waals surface area contributed by atoms with E-state index in [9.17, 15) is 9.59 Å². The van der Waals surface area contributed by atoms with Gasteiger partial charge in [-0.15, -0.1) is 0 Å². The first kappa shape index (κ1) is 22.0. The molecule has 0 saturated carbocycles. The highest BCUT2D eigenvalue weighted by Gasteiger charge is 2.10. The lowest BCUT2D eigenvalue weighted by molar-refractivity contribution is -0.121. The lowest BCUT2D eigenvalue weighted by Gasteiger charge is -2.12. The fourth-order valence-corrected chi connectivity index (χ4v) is 3.04. The van der Waals surface area contributed by atoms with Crippen molar-refractivity contribution in [3.63, 3.8) is 0 Å².